The zero-order chi connectivity index (χ0) is 14.9. The fourth-order valence-corrected chi connectivity index (χ4v) is 2.03. The van der Waals surface area contributed by atoms with E-state index in [-0.39, 0.29) is 12.6 Å². The van der Waals surface area contributed by atoms with Gasteiger partial charge in [0.1, 0.15) is 11.5 Å². The minimum Gasteiger partial charge on any atom is -0.444 e. The van der Waals surface area contributed by atoms with Gasteiger partial charge in [-0.05, 0) is 31.5 Å². The van der Waals surface area contributed by atoms with Crippen molar-refractivity contribution < 1.29 is 14.3 Å². The van der Waals surface area contributed by atoms with E-state index in [0.29, 0.717) is 11.5 Å². The van der Waals surface area contributed by atoms with Gasteiger partial charge in [-0.3, -0.25) is 18.9 Å². The van der Waals surface area contributed by atoms with E-state index in [4.69, 9.17) is 4.74 Å². The Morgan fingerprint density at radius 1 is 1.35 bits per heavy atom. The number of ether oxygens (including phenoxy) is 1. The summed E-state index contributed by atoms with van der Waals surface area (Å²) >= 11 is 0. The number of anilines is 1. The van der Waals surface area contributed by atoms with Crippen LogP contribution in [0.4, 0.5) is 5.82 Å². The van der Waals surface area contributed by atoms with E-state index < -0.39 is 5.97 Å². The molecule has 0 saturated carbocycles. The van der Waals surface area contributed by atoms with Crippen molar-refractivity contribution in [3.63, 3.8) is 0 Å². The Morgan fingerprint density at radius 2 is 2.05 bits per heavy atom. The molecule has 6 heteroatoms. The molecule has 0 saturated heterocycles. The lowest BCUT2D eigenvalue weighted by molar-refractivity contribution is -0.141. The predicted octanol–water partition coefficient (Wildman–Crippen LogP) is 1.82. The van der Waals surface area contributed by atoms with E-state index >= 15 is 0 Å². The first-order valence-corrected chi connectivity index (χ1v) is 6.27. The Hall–Kier alpha value is -2.37. The molecule has 0 fully saturated rings. The fourth-order valence-electron chi connectivity index (χ4n) is 2.03. The maximum atomic E-state index is 11.8. The van der Waals surface area contributed by atoms with E-state index in [1.807, 2.05) is 36.6 Å². The minimum atomic E-state index is -0.432. The standard InChI is InChI=1S/C14H17N3O3/c1-9-5-6-16-13(7-9)15-10(2)14(16)17(11(3)18)8-20-12(4)19/h5-7H,8H2,1-4H3. The normalized spacial score (nSPS) is 10.6. The zero-order valence-corrected chi connectivity index (χ0v) is 12.0. The molecule has 0 bridgehead atoms. The molecule has 2 rings (SSSR count). The maximum Gasteiger partial charge on any atom is 0.304 e. The van der Waals surface area contributed by atoms with Crippen molar-refractivity contribution in [2.45, 2.75) is 27.7 Å². The van der Waals surface area contributed by atoms with E-state index in [2.05, 4.69) is 4.98 Å². The third kappa shape index (κ3) is 2.64. The quantitative estimate of drug-likeness (QED) is 0.633. The number of aromatic nitrogens is 2. The first kappa shape index (κ1) is 14.0. The van der Waals surface area contributed by atoms with Gasteiger partial charge in [0.2, 0.25) is 5.91 Å². The summed E-state index contributed by atoms with van der Waals surface area (Å²) in [5.41, 5.74) is 2.55. The molecular formula is C14H17N3O3. The van der Waals surface area contributed by atoms with Crippen molar-refractivity contribution >= 4 is 23.3 Å². The van der Waals surface area contributed by atoms with Crippen molar-refractivity contribution in [2.24, 2.45) is 0 Å². The summed E-state index contributed by atoms with van der Waals surface area (Å²) in [7, 11) is 0. The number of esters is 1. The van der Waals surface area contributed by atoms with Crippen LogP contribution < -0.4 is 4.90 Å². The average Bonchev–Trinajstić information content (AvgIpc) is 2.64. The lowest BCUT2D eigenvalue weighted by Crippen LogP contribution is -2.33. The second kappa shape index (κ2) is 5.32. The van der Waals surface area contributed by atoms with Gasteiger partial charge in [0.25, 0.3) is 0 Å². The van der Waals surface area contributed by atoms with Crippen molar-refractivity contribution in [1.82, 2.24) is 9.38 Å². The van der Waals surface area contributed by atoms with Crippen LogP contribution in [0.2, 0.25) is 0 Å². The molecule has 2 heterocycles. The van der Waals surface area contributed by atoms with E-state index in [0.717, 1.165) is 11.2 Å². The Kier molecular flexibility index (Phi) is 3.74. The van der Waals surface area contributed by atoms with E-state index in [1.165, 1.54) is 18.7 Å². The number of fused-ring (bicyclic) bond motifs is 1. The van der Waals surface area contributed by atoms with Crippen LogP contribution in [-0.2, 0) is 14.3 Å². The van der Waals surface area contributed by atoms with E-state index in [9.17, 15) is 9.59 Å². The van der Waals surface area contributed by atoms with Gasteiger partial charge in [0.15, 0.2) is 6.73 Å². The topological polar surface area (TPSA) is 63.9 Å². The van der Waals surface area contributed by atoms with Crippen molar-refractivity contribution in [3.8, 4) is 0 Å². The minimum absolute atomic E-state index is 0.118. The third-order valence-electron chi connectivity index (χ3n) is 2.96. The molecule has 2 aromatic rings. The number of hydrogen-bond acceptors (Lipinski definition) is 4. The number of imidazole rings is 1. The molecule has 0 aliphatic rings. The lowest BCUT2D eigenvalue weighted by atomic mass is 10.3. The van der Waals surface area contributed by atoms with Crippen LogP contribution in [0, 0.1) is 13.8 Å². The van der Waals surface area contributed by atoms with E-state index in [1.54, 1.807) is 0 Å². The molecule has 106 valence electrons. The number of carbonyl (C=O) groups excluding carboxylic acids is 2. The summed E-state index contributed by atoms with van der Waals surface area (Å²) in [4.78, 5) is 28.6. The van der Waals surface area contributed by atoms with Crippen LogP contribution in [0.1, 0.15) is 25.1 Å². The van der Waals surface area contributed by atoms with Crippen molar-refractivity contribution in [3.05, 3.63) is 29.6 Å². The molecule has 0 aliphatic carbocycles. The molecule has 0 radical (unpaired) electrons. The van der Waals surface area contributed by atoms with Gasteiger partial charge >= 0.3 is 5.97 Å². The summed E-state index contributed by atoms with van der Waals surface area (Å²) < 4.78 is 6.75. The average molecular weight is 275 g/mol. The molecule has 6 nitrogen and oxygen atoms in total. The number of pyridine rings is 1. The molecule has 0 unspecified atom stereocenters. The monoisotopic (exact) mass is 275 g/mol. The number of amides is 1. The smallest absolute Gasteiger partial charge is 0.304 e. The summed E-state index contributed by atoms with van der Waals surface area (Å²) in [6.45, 7) is 6.42. The van der Waals surface area contributed by atoms with Crippen LogP contribution >= 0.6 is 0 Å². The Balaban J connectivity index is 2.50. The van der Waals surface area contributed by atoms with Crippen molar-refractivity contribution in [1.29, 1.82) is 0 Å². The highest BCUT2D eigenvalue weighted by Gasteiger charge is 2.20. The molecule has 0 aliphatic heterocycles. The second-order valence-corrected chi connectivity index (χ2v) is 4.67. The number of nitrogens with zero attached hydrogens (tertiary/aromatic N) is 3. The number of aryl methyl sites for hydroxylation is 2. The van der Waals surface area contributed by atoms with Crippen LogP contribution in [0.15, 0.2) is 18.3 Å². The number of hydrogen-bond donors (Lipinski definition) is 0. The summed E-state index contributed by atoms with van der Waals surface area (Å²) in [5, 5.41) is 0. The Labute approximate surface area is 117 Å². The molecule has 1 amide bonds. The van der Waals surface area contributed by atoms with Gasteiger partial charge in [-0.25, -0.2) is 4.98 Å². The summed E-state index contributed by atoms with van der Waals surface area (Å²) in [5.74, 6) is -0.0240. The van der Waals surface area contributed by atoms with Gasteiger partial charge in [-0.2, -0.15) is 0 Å². The summed E-state index contributed by atoms with van der Waals surface area (Å²) in [6.07, 6.45) is 1.85. The zero-order valence-electron chi connectivity index (χ0n) is 12.0. The van der Waals surface area contributed by atoms with Crippen LogP contribution in [0.5, 0.6) is 0 Å². The highest BCUT2D eigenvalue weighted by Crippen LogP contribution is 2.22. The highest BCUT2D eigenvalue weighted by atomic mass is 16.5. The first-order valence-electron chi connectivity index (χ1n) is 6.27. The van der Waals surface area contributed by atoms with Crippen LogP contribution in [-0.4, -0.2) is 28.0 Å². The Morgan fingerprint density at radius 3 is 2.65 bits per heavy atom. The van der Waals surface area contributed by atoms with Crippen LogP contribution in [0.25, 0.3) is 5.65 Å². The fraction of sp³-hybridized carbons (Fsp3) is 0.357. The summed E-state index contributed by atoms with van der Waals surface area (Å²) in [6, 6.07) is 3.86. The largest absolute Gasteiger partial charge is 0.444 e. The highest BCUT2D eigenvalue weighted by molar-refractivity contribution is 5.91. The Bertz CT molecular complexity index is 676. The molecule has 0 spiro atoms. The van der Waals surface area contributed by atoms with Gasteiger partial charge < -0.3 is 4.74 Å². The van der Waals surface area contributed by atoms with Gasteiger partial charge in [0, 0.05) is 20.0 Å². The molecule has 20 heavy (non-hydrogen) atoms. The molecule has 0 atom stereocenters. The first-order chi connectivity index (χ1) is 9.40. The SMILES string of the molecule is CC(=O)OCN(C(C)=O)c1c(C)nc2cc(C)ccn12. The van der Waals surface area contributed by atoms with Crippen LogP contribution in [0.3, 0.4) is 0 Å². The van der Waals surface area contributed by atoms with Crippen molar-refractivity contribution in [2.75, 3.05) is 11.6 Å². The predicted molar refractivity (Wildman–Crippen MR) is 74.5 cm³/mol. The molecule has 0 aromatic carbocycles. The molecule has 2 aromatic heterocycles. The molecule has 0 N–H and O–H groups in total. The number of carbonyl (C=O) groups is 2. The van der Waals surface area contributed by atoms with Gasteiger partial charge in [-0.15, -0.1) is 0 Å². The molecular weight excluding hydrogens is 258 g/mol. The third-order valence-corrected chi connectivity index (χ3v) is 2.96. The number of rotatable bonds is 3. The maximum absolute atomic E-state index is 11.8. The van der Waals surface area contributed by atoms with Gasteiger partial charge in [0.05, 0.1) is 5.69 Å². The second-order valence-electron chi connectivity index (χ2n) is 4.67. The van der Waals surface area contributed by atoms with Gasteiger partial charge in [-0.1, -0.05) is 0 Å². The lowest BCUT2D eigenvalue weighted by Gasteiger charge is -2.20.